The van der Waals surface area contributed by atoms with Crippen molar-refractivity contribution in [3.8, 4) is 0 Å². The molecule has 0 spiro atoms. The topological polar surface area (TPSA) is 106 Å². The Morgan fingerprint density at radius 1 is 1.26 bits per heavy atom. The minimum Gasteiger partial charge on any atom is -0.478 e. The maximum Gasteiger partial charge on any atom is 0.335 e. The van der Waals surface area contributed by atoms with Gasteiger partial charge in [0.05, 0.1) is 17.6 Å². The maximum absolute atomic E-state index is 13.5. The molecule has 5 rings (SSSR count). The van der Waals surface area contributed by atoms with Gasteiger partial charge in [0.25, 0.3) is 5.56 Å². The summed E-state index contributed by atoms with van der Waals surface area (Å²) in [4.78, 5) is 32.2. The molecule has 0 bridgehead atoms. The molecule has 0 unspecified atom stereocenters. The molecule has 3 N–H and O–H groups in total. The summed E-state index contributed by atoms with van der Waals surface area (Å²) in [5.41, 5.74) is 8.58. The van der Waals surface area contributed by atoms with Gasteiger partial charge in [0.15, 0.2) is 0 Å². The molecule has 0 amide bonds. The first-order valence-corrected chi connectivity index (χ1v) is 11.2. The predicted molar refractivity (Wildman–Crippen MR) is 137 cm³/mol. The van der Waals surface area contributed by atoms with Gasteiger partial charge in [-0.3, -0.25) is 4.79 Å². The molecule has 1 saturated heterocycles. The first kappa shape index (κ1) is 24.1. The highest BCUT2D eigenvalue weighted by Gasteiger charge is 2.26. The molecule has 10 heteroatoms. The number of hydrogen-bond donors (Lipinski definition) is 2. The third-order valence-electron chi connectivity index (χ3n) is 6.34. The van der Waals surface area contributed by atoms with Crippen LogP contribution in [0.15, 0.2) is 47.3 Å². The molecule has 2 aromatic heterocycles. The molecule has 1 aliphatic rings. The van der Waals surface area contributed by atoms with Crippen LogP contribution in [0.1, 0.15) is 28.8 Å². The van der Waals surface area contributed by atoms with Gasteiger partial charge >= 0.3 is 5.97 Å². The summed E-state index contributed by atoms with van der Waals surface area (Å²) in [6.07, 6.45) is 1.87. The number of fused-ring (bicyclic) bond motifs is 3. The normalized spacial score (nSPS) is 16.1. The zero-order valence-electron chi connectivity index (χ0n) is 18.6. The van der Waals surface area contributed by atoms with Gasteiger partial charge in [0.1, 0.15) is 11.0 Å². The number of imidazole rings is 1. The molecule has 0 radical (unpaired) electrons. The Morgan fingerprint density at radius 3 is 2.74 bits per heavy atom. The van der Waals surface area contributed by atoms with Crippen molar-refractivity contribution in [2.75, 3.05) is 18.0 Å². The number of hydrogen-bond acceptors (Lipinski definition) is 5. The van der Waals surface area contributed by atoms with Crippen molar-refractivity contribution in [1.82, 2.24) is 14.1 Å². The molecule has 4 aromatic rings. The van der Waals surface area contributed by atoms with E-state index in [2.05, 4.69) is 4.90 Å². The van der Waals surface area contributed by atoms with Crippen LogP contribution in [0.5, 0.6) is 0 Å². The second kappa shape index (κ2) is 9.29. The SMILES string of the molecule is Cl.Cn1c(=O)c2c(nc(N3CCC[C@@H](N)C3)n2Cc2ccccc2Cl)c2cc(C(=O)O)ccc21. The van der Waals surface area contributed by atoms with Crippen molar-refractivity contribution in [2.24, 2.45) is 12.8 Å². The fourth-order valence-electron chi connectivity index (χ4n) is 4.64. The number of nitrogens with zero attached hydrogens (tertiary/aromatic N) is 4. The zero-order valence-corrected chi connectivity index (χ0v) is 20.1. The molecular weight excluding hydrogens is 477 g/mol. The maximum atomic E-state index is 13.5. The van der Waals surface area contributed by atoms with Crippen molar-refractivity contribution < 1.29 is 9.90 Å². The van der Waals surface area contributed by atoms with Crippen LogP contribution in [0.4, 0.5) is 5.95 Å². The zero-order chi connectivity index (χ0) is 23.3. The lowest BCUT2D eigenvalue weighted by molar-refractivity contribution is 0.0697. The number of anilines is 1. The molecule has 1 aliphatic heterocycles. The summed E-state index contributed by atoms with van der Waals surface area (Å²) < 4.78 is 3.43. The van der Waals surface area contributed by atoms with Crippen LogP contribution >= 0.6 is 24.0 Å². The van der Waals surface area contributed by atoms with Gasteiger partial charge < -0.3 is 24.9 Å². The number of benzene rings is 2. The summed E-state index contributed by atoms with van der Waals surface area (Å²) in [6.45, 7) is 1.76. The van der Waals surface area contributed by atoms with E-state index in [1.165, 1.54) is 6.07 Å². The number of pyridine rings is 1. The van der Waals surface area contributed by atoms with Gasteiger partial charge in [0.2, 0.25) is 5.95 Å². The number of aromatic carboxylic acids is 1. The van der Waals surface area contributed by atoms with Gasteiger partial charge in [-0.2, -0.15) is 0 Å². The number of aryl methyl sites for hydroxylation is 1. The lowest BCUT2D eigenvalue weighted by Crippen LogP contribution is -2.44. The fourth-order valence-corrected chi connectivity index (χ4v) is 4.84. The largest absolute Gasteiger partial charge is 0.478 e. The summed E-state index contributed by atoms with van der Waals surface area (Å²) in [5.74, 6) is -0.387. The Labute approximate surface area is 207 Å². The average molecular weight is 502 g/mol. The summed E-state index contributed by atoms with van der Waals surface area (Å²) in [6, 6.07) is 12.3. The van der Waals surface area contributed by atoms with Crippen LogP contribution in [0.2, 0.25) is 5.02 Å². The Kier molecular flexibility index (Phi) is 6.58. The third-order valence-corrected chi connectivity index (χ3v) is 6.71. The van der Waals surface area contributed by atoms with Crippen LogP contribution in [0, 0.1) is 0 Å². The molecule has 0 aliphatic carbocycles. The number of nitrogens with two attached hydrogens (primary N) is 1. The van der Waals surface area contributed by atoms with E-state index in [1.807, 2.05) is 28.8 Å². The van der Waals surface area contributed by atoms with E-state index in [4.69, 9.17) is 22.3 Å². The van der Waals surface area contributed by atoms with E-state index in [0.29, 0.717) is 46.0 Å². The predicted octanol–water partition coefficient (Wildman–Crippen LogP) is 3.64. The molecule has 8 nitrogen and oxygen atoms in total. The van der Waals surface area contributed by atoms with Crippen LogP contribution in [0.3, 0.4) is 0 Å². The molecule has 0 saturated carbocycles. The molecule has 34 heavy (non-hydrogen) atoms. The molecule has 178 valence electrons. The van der Waals surface area contributed by atoms with E-state index >= 15 is 0 Å². The highest BCUT2D eigenvalue weighted by atomic mass is 35.5. The summed E-state index contributed by atoms with van der Waals surface area (Å²) in [5, 5.41) is 10.7. The highest BCUT2D eigenvalue weighted by molar-refractivity contribution is 6.31. The smallest absolute Gasteiger partial charge is 0.335 e. The number of piperidine rings is 1. The number of carboxylic acids is 1. The van der Waals surface area contributed by atoms with Gasteiger partial charge in [-0.25, -0.2) is 9.78 Å². The molecule has 3 heterocycles. The number of aromatic nitrogens is 3. The van der Waals surface area contributed by atoms with E-state index in [1.54, 1.807) is 23.7 Å². The first-order valence-electron chi connectivity index (χ1n) is 10.9. The second-order valence-electron chi connectivity index (χ2n) is 8.54. The van der Waals surface area contributed by atoms with Crippen LogP contribution in [-0.4, -0.2) is 44.3 Å². The first-order chi connectivity index (χ1) is 15.8. The molecule has 1 fully saturated rings. The third kappa shape index (κ3) is 4.02. The van der Waals surface area contributed by atoms with E-state index in [0.717, 1.165) is 24.9 Å². The summed E-state index contributed by atoms with van der Waals surface area (Å²) in [7, 11) is 1.69. The fraction of sp³-hybridized carbons (Fsp3) is 0.292. The van der Waals surface area contributed by atoms with Crippen molar-refractivity contribution in [3.63, 3.8) is 0 Å². The van der Waals surface area contributed by atoms with Crippen LogP contribution in [0.25, 0.3) is 21.9 Å². The van der Waals surface area contributed by atoms with Gasteiger partial charge in [0, 0.05) is 36.6 Å². The van der Waals surface area contributed by atoms with E-state index in [9.17, 15) is 14.7 Å². The number of rotatable bonds is 4. The van der Waals surface area contributed by atoms with Gasteiger partial charge in [-0.1, -0.05) is 29.8 Å². The summed E-state index contributed by atoms with van der Waals surface area (Å²) >= 11 is 6.46. The molecule has 1 atom stereocenters. The average Bonchev–Trinajstić information content (AvgIpc) is 3.18. The van der Waals surface area contributed by atoms with Gasteiger partial charge in [-0.05, 0) is 42.7 Å². The quantitative estimate of drug-likeness (QED) is 0.442. The van der Waals surface area contributed by atoms with Crippen LogP contribution in [-0.2, 0) is 13.6 Å². The Morgan fingerprint density at radius 2 is 2.03 bits per heavy atom. The highest BCUT2D eigenvalue weighted by Crippen LogP contribution is 2.30. The van der Waals surface area contributed by atoms with Gasteiger partial charge in [-0.15, -0.1) is 12.4 Å². The minimum atomic E-state index is -1.03. The molecule has 2 aromatic carbocycles. The minimum absolute atomic E-state index is 0. The van der Waals surface area contributed by atoms with Crippen molar-refractivity contribution >= 4 is 57.9 Å². The Bertz CT molecular complexity index is 1460. The number of carbonyl (C=O) groups is 1. The van der Waals surface area contributed by atoms with E-state index < -0.39 is 5.97 Å². The van der Waals surface area contributed by atoms with Crippen LogP contribution < -0.4 is 16.2 Å². The lowest BCUT2D eigenvalue weighted by Gasteiger charge is -2.32. The van der Waals surface area contributed by atoms with Crippen molar-refractivity contribution in [1.29, 1.82) is 0 Å². The number of halogens is 2. The van der Waals surface area contributed by atoms with Crippen molar-refractivity contribution in [3.05, 3.63) is 69.0 Å². The standard InChI is InChI=1S/C24H24ClN5O3.ClH/c1-28-19-9-8-14(23(32)33)11-17(19)20-21(22(28)31)30(12-15-5-2-3-7-18(15)25)24(27-20)29-10-4-6-16(26)13-29;/h2-3,5,7-9,11,16H,4,6,10,12-13,26H2,1H3,(H,32,33);1H/t16-;/m1./s1. The lowest BCUT2D eigenvalue weighted by atomic mass is 10.1. The second-order valence-corrected chi connectivity index (χ2v) is 8.94. The van der Waals surface area contributed by atoms with E-state index in [-0.39, 0.29) is 29.6 Å². The van der Waals surface area contributed by atoms with Crippen molar-refractivity contribution in [2.45, 2.75) is 25.4 Å². The Hall–Kier alpha value is -3.07. The number of carboxylic acid groups (broad SMARTS) is 1. The molecular formula is C24H25Cl2N5O3. The Balaban J connectivity index is 0.00000274. The monoisotopic (exact) mass is 501 g/mol.